The van der Waals surface area contributed by atoms with Crippen molar-refractivity contribution in [3.05, 3.63) is 18.0 Å². The fourth-order valence-electron chi connectivity index (χ4n) is 3.84. The van der Waals surface area contributed by atoms with Gasteiger partial charge in [-0.2, -0.15) is 5.10 Å². The van der Waals surface area contributed by atoms with E-state index in [1.807, 2.05) is 20.0 Å². The van der Waals surface area contributed by atoms with Crippen LogP contribution in [0, 0.1) is 5.41 Å². The van der Waals surface area contributed by atoms with E-state index in [0.717, 1.165) is 32.2 Å². The van der Waals surface area contributed by atoms with Crippen LogP contribution in [-0.4, -0.2) is 45.6 Å². The van der Waals surface area contributed by atoms with Crippen LogP contribution in [0.15, 0.2) is 12.3 Å². The fraction of sp³-hybridized carbons (Fsp3) is 0.722. The highest BCUT2D eigenvalue weighted by molar-refractivity contribution is 5.93. The Hall–Kier alpha value is -1.85. The zero-order chi connectivity index (χ0) is 17.2. The SMILES string of the molecule is CCn1ccc(C(=O)N2CCCC(C)(C(=O)NC3CCCC3)C2)n1. The molecule has 2 heterocycles. The number of hydrogen-bond donors (Lipinski definition) is 1. The van der Waals surface area contributed by atoms with Crippen molar-refractivity contribution in [1.29, 1.82) is 0 Å². The van der Waals surface area contributed by atoms with Crippen molar-refractivity contribution in [2.45, 2.75) is 65.0 Å². The molecule has 1 aliphatic carbocycles. The molecule has 2 amide bonds. The summed E-state index contributed by atoms with van der Waals surface area (Å²) in [6.07, 6.45) is 8.08. The number of rotatable bonds is 4. The number of carbonyl (C=O) groups is 2. The largest absolute Gasteiger partial charge is 0.353 e. The molecular weight excluding hydrogens is 304 g/mol. The molecule has 1 aromatic heterocycles. The molecule has 1 N–H and O–H groups in total. The number of nitrogens with zero attached hydrogens (tertiary/aromatic N) is 3. The number of amides is 2. The summed E-state index contributed by atoms with van der Waals surface area (Å²) >= 11 is 0. The second-order valence-electron chi connectivity index (χ2n) is 7.40. The molecule has 1 unspecified atom stereocenters. The Bertz CT molecular complexity index is 606. The molecular formula is C18H28N4O2. The molecule has 3 rings (SSSR count). The maximum Gasteiger partial charge on any atom is 0.274 e. The maximum atomic E-state index is 12.8. The average molecular weight is 332 g/mol. The van der Waals surface area contributed by atoms with Gasteiger partial charge in [0.25, 0.3) is 5.91 Å². The van der Waals surface area contributed by atoms with Crippen molar-refractivity contribution < 1.29 is 9.59 Å². The first-order valence-corrected chi connectivity index (χ1v) is 9.15. The summed E-state index contributed by atoms with van der Waals surface area (Å²) in [6, 6.07) is 2.08. The first-order chi connectivity index (χ1) is 11.5. The van der Waals surface area contributed by atoms with Crippen LogP contribution in [0.25, 0.3) is 0 Å². The van der Waals surface area contributed by atoms with E-state index in [2.05, 4.69) is 10.4 Å². The quantitative estimate of drug-likeness (QED) is 0.919. The predicted octanol–water partition coefficient (Wildman–Crippen LogP) is 2.20. The summed E-state index contributed by atoms with van der Waals surface area (Å²) in [5, 5.41) is 7.51. The molecule has 1 saturated heterocycles. The van der Waals surface area contributed by atoms with Crippen molar-refractivity contribution in [1.82, 2.24) is 20.0 Å². The molecule has 1 aromatic rings. The lowest BCUT2D eigenvalue weighted by molar-refractivity contribution is -0.133. The van der Waals surface area contributed by atoms with Crippen LogP contribution in [0.4, 0.5) is 0 Å². The van der Waals surface area contributed by atoms with Gasteiger partial charge in [-0.05, 0) is 45.6 Å². The second-order valence-corrected chi connectivity index (χ2v) is 7.40. The standard InChI is InChI=1S/C18H28N4O2/c1-3-22-12-9-15(20-22)16(23)21-11-6-10-18(2,13-21)17(24)19-14-7-4-5-8-14/h9,12,14H,3-8,10-11,13H2,1-2H3,(H,19,24). The van der Waals surface area contributed by atoms with Crippen LogP contribution in [0.1, 0.15) is 62.9 Å². The minimum Gasteiger partial charge on any atom is -0.353 e. The third-order valence-corrected chi connectivity index (χ3v) is 5.41. The van der Waals surface area contributed by atoms with Crippen LogP contribution in [0.3, 0.4) is 0 Å². The van der Waals surface area contributed by atoms with Crippen LogP contribution >= 0.6 is 0 Å². The lowest BCUT2D eigenvalue weighted by atomic mass is 9.80. The molecule has 0 aromatic carbocycles. The number of piperidine rings is 1. The summed E-state index contributed by atoms with van der Waals surface area (Å²) in [4.78, 5) is 27.3. The van der Waals surface area contributed by atoms with Gasteiger partial charge >= 0.3 is 0 Å². The van der Waals surface area contributed by atoms with Crippen LogP contribution in [0.5, 0.6) is 0 Å². The molecule has 6 heteroatoms. The molecule has 2 aliphatic rings. The molecule has 2 fully saturated rings. The van der Waals surface area contributed by atoms with Crippen LogP contribution < -0.4 is 5.32 Å². The van der Waals surface area contributed by atoms with Crippen LogP contribution in [0.2, 0.25) is 0 Å². The lowest BCUT2D eigenvalue weighted by Gasteiger charge is -2.39. The van der Waals surface area contributed by atoms with Crippen molar-refractivity contribution in [3.63, 3.8) is 0 Å². The Balaban J connectivity index is 1.65. The first-order valence-electron chi connectivity index (χ1n) is 9.15. The highest BCUT2D eigenvalue weighted by Gasteiger charge is 2.40. The highest BCUT2D eigenvalue weighted by atomic mass is 16.2. The Morgan fingerprint density at radius 3 is 2.75 bits per heavy atom. The van der Waals surface area contributed by atoms with Crippen molar-refractivity contribution in [2.24, 2.45) is 5.41 Å². The summed E-state index contributed by atoms with van der Waals surface area (Å²) in [5.74, 6) is 0.0350. The molecule has 0 radical (unpaired) electrons. The molecule has 0 bridgehead atoms. The van der Waals surface area contributed by atoms with Gasteiger partial charge in [0, 0.05) is 31.9 Å². The summed E-state index contributed by atoms with van der Waals surface area (Å²) in [6.45, 7) is 5.90. The number of aryl methyl sites for hydroxylation is 1. The minimum absolute atomic E-state index is 0.0678. The Labute approximate surface area is 143 Å². The topological polar surface area (TPSA) is 67.2 Å². The first kappa shape index (κ1) is 17.0. The van der Waals surface area contributed by atoms with E-state index in [0.29, 0.717) is 24.8 Å². The summed E-state index contributed by atoms with van der Waals surface area (Å²) in [7, 11) is 0. The third kappa shape index (κ3) is 3.47. The number of likely N-dealkylation sites (tertiary alicyclic amines) is 1. The van der Waals surface area contributed by atoms with Gasteiger partial charge in [-0.1, -0.05) is 12.8 Å². The van der Waals surface area contributed by atoms with E-state index in [9.17, 15) is 9.59 Å². The van der Waals surface area contributed by atoms with Gasteiger partial charge in [-0.3, -0.25) is 14.3 Å². The zero-order valence-electron chi connectivity index (χ0n) is 14.8. The van der Waals surface area contributed by atoms with Crippen molar-refractivity contribution >= 4 is 11.8 Å². The van der Waals surface area contributed by atoms with Gasteiger partial charge in [0.05, 0.1) is 5.41 Å². The molecule has 6 nitrogen and oxygen atoms in total. The Morgan fingerprint density at radius 1 is 1.33 bits per heavy atom. The second kappa shape index (κ2) is 6.95. The van der Waals surface area contributed by atoms with Crippen molar-refractivity contribution in [2.75, 3.05) is 13.1 Å². The molecule has 132 valence electrons. The van der Waals surface area contributed by atoms with E-state index < -0.39 is 5.41 Å². The number of hydrogen-bond acceptors (Lipinski definition) is 3. The summed E-state index contributed by atoms with van der Waals surface area (Å²) in [5.41, 5.74) is -0.0265. The zero-order valence-corrected chi connectivity index (χ0v) is 14.8. The van der Waals surface area contributed by atoms with E-state index in [1.165, 1.54) is 12.8 Å². The predicted molar refractivity (Wildman–Crippen MR) is 91.5 cm³/mol. The van der Waals surface area contributed by atoms with E-state index >= 15 is 0 Å². The molecule has 1 saturated carbocycles. The Morgan fingerprint density at radius 2 is 2.08 bits per heavy atom. The fourth-order valence-corrected chi connectivity index (χ4v) is 3.84. The van der Waals surface area contributed by atoms with Gasteiger partial charge in [0.2, 0.25) is 5.91 Å². The van der Waals surface area contributed by atoms with Gasteiger partial charge < -0.3 is 10.2 Å². The molecule has 24 heavy (non-hydrogen) atoms. The monoisotopic (exact) mass is 332 g/mol. The minimum atomic E-state index is -0.496. The average Bonchev–Trinajstić information content (AvgIpc) is 3.25. The third-order valence-electron chi connectivity index (χ3n) is 5.41. The Kier molecular flexibility index (Phi) is 4.92. The number of aromatic nitrogens is 2. The van der Waals surface area contributed by atoms with Gasteiger partial charge in [-0.25, -0.2) is 0 Å². The summed E-state index contributed by atoms with van der Waals surface area (Å²) < 4.78 is 1.75. The van der Waals surface area contributed by atoms with Gasteiger partial charge in [0.1, 0.15) is 5.69 Å². The van der Waals surface area contributed by atoms with Crippen molar-refractivity contribution in [3.8, 4) is 0 Å². The van der Waals surface area contributed by atoms with E-state index in [-0.39, 0.29) is 11.8 Å². The van der Waals surface area contributed by atoms with Gasteiger partial charge in [0.15, 0.2) is 0 Å². The number of nitrogens with one attached hydrogen (secondary N) is 1. The van der Waals surface area contributed by atoms with Gasteiger partial charge in [-0.15, -0.1) is 0 Å². The maximum absolute atomic E-state index is 12.8. The normalized spacial score (nSPS) is 25.0. The highest BCUT2D eigenvalue weighted by Crippen LogP contribution is 2.31. The van der Waals surface area contributed by atoms with E-state index in [4.69, 9.17) is 0 Å². The number of carbonyl (C=O) groups excluding carboxylic acids is 2. The lowest BCUT2D eigenvalue weighted by Crippen LogP contribution is -2.53. The van der Waals surface area contributed by atoms with E-state index in [1.54, 1.807) is 15.6 Å². The smallest absolute Gasteiger partial charge is 0.274 e. The van der Waals surface area contributed by atoms with Crippen LogP contribution in [-0.2, 0) is 11.3 Å². The molecule has 1 aliphatic heterocycles. The molecule has 1 atom stereocenters. The molecule has 0 spiro atoms.